The van der Waals surface area contributed by atoms with Crippen molar-refractivity contribution in [1.29, 1.82) is 0 Å². The average Bonchev–Trinajstić information content (AvgIpc) is 3.62. The largest absolute Gasteiger partial charge is 0.416 e. The van der Waals surface area contributed by atoms with Crippen LogP contribution in [0.25, 0.3) is 93.8 Å². The van der Waals surface area contributed by atoms with Gasteiger partial charge in [-0.3, -0.25) is 4.57 Å². The molecule has 0 saturated heterocycles. The quantitative estimate of drug-likeness (QED) is 0.162. The minimum Gasteiger partial charge on any atom is -0.292 e. The zero-order valence-corrected chi connectivity index (χ0v) is 29.4. The van der Waals surface area contributed by atoms with Crippen LogP contribution in [0.1, 0.15) is 5.56 Å². The summed E-state index contributed by atoms with van der Waals surface area (Å²) in [6, 6.07) is 62.4. The normalized spacial score (nSPS) is 11.9. The highest BCUT2D eigenvalue weighted by Gasteiger charge is 2.31. The molecule has 0 fully saturated rings. The van der Waals surface area contributed by atoms with Gasteiger partial charge in [-0.05, 0) is 108 Å². The first kappa shape index (κ1) is 32.7. The van der Waals surface area contributed by atoms with E-state index in [-0.39, 0.29) is 5.52 Å². The number of benzene rings is 9. The zero-order chi connectivity index (χ0) is 37.1. The smallest absolute Gasteiger partial charge is 0.292 e. The van der Waals surface area contributed by atoms with Crippen LogP contribution in [0.15, 0.2) is 188 Å². The molecule has 0 bridgehead atoms. The van der Waals surface area contributed by atoms with E-state index >= 15 is 0 Å². The Morgan fingerprint density at radius 1 is 0.400 bits per heavy atom. The fraction of sp³-hybridized carbons (Fsp3) is 0.0200. The number of halogens is 3. The van der Waals surface area contributed by atoms with Gasteiger partial charge in [0.2, 0.25) is 0 Å². The Kier molecular flexibility index (Phi) is 7.63. The maximum absolute atomic E-state index is 13.9. The van der Waals surface area contributed by atoms with Gasteiger partial charge in [0.1, 0.15) is 5.82 Å². The van der Waals surface area contributed by atoms with Gasteiger partial charge in [-0.2, -0.15) is 13.2 Å². The van der Waals surface area contributed by atoms with Crippen LogP contribution < -0.4 is 0 Å². The number of rotatable bonds is 5. The molecular weight excluding hydrogens is 686 g/mol. The number of nitrogens with zero attached hydrogens (tertiary/aromatic N) is 2. The molecule has 2 nitrogen and oxygen atoms in total. The molecule has 1 heterocycles. The van der Waals surface area contributed by atoms with E-state index in [4.69, 9.17) is 4.98 Å². The summed E-state index contributed by atoms with van der Waals surface area (Å²) in [5.41, 5.74) is 8.31. The summed E-state index contributed by atoms with van der Waals surface area (Å²) in [7, 11) is 0. The van der Waals surface area contributed by atoms with Crippen molar-refractivity contribution in [3.8, 4) is 50.5 Å². The molecule has 10 aromatic rings. The van der Waals surface area contributed by atoms with Gasteiger partial charge in [0.15, 0.2) is 0 Å². The van der Waals surface area contributed by atoms with Crippen molar-refractivity contribution < 1.29 is 13.2 Å². The van der Waals surface area contributed by atoms with Crippen LogP contribution in [0.5, 0.6) is 0 Å². The van der Waals surface area contributed by atoms with Crippen molar-refractivity contribution >= 4 is 43.4 Å². The van der Waals surface area contributed by atoms with Crippen LogP contribution in [0.2, 0.25) is 0 Å². The second-order valence-corrected chi connectivity index (χ2v) is 13.9. The Balaban J connectivity index is 1.15. The summed E-state index contributed by atoms with van der Waals surface area (Å²) in [6.45, 7) is 0. The number of hydrogen-bond donors (Lipinski definition) is 0. The lowest BCUT2D eigenvalue weighted by atomic mass is 9.85. The number of aromatic nitrogens is 2. The molecule has 0 aliphatic rings. The predicted molar refractivity (Wildman–Crippen MR) is 220 cm³/mol. The maximum Gasteiger partial charge on any atom is 0.416 e. The van der Waals surface area contributed by atoms with E-state index in [0.29, 0.717) is 11.3 Å². The fourth-order valence-electron chi connectivity index (χ4n) is 8.05. The predicted octanol–water partition coefficient (Wildman–Crippen LogP) is 14.2. The number of hydrogen-bond acceptors (Lipinski definition) is 1. The Morgan fingerprint density at radius 3 is 1.64 bits per heavy atom. The molecule has 0 aliphatic heterocycles. The second-order valence-electron chi connectivity index (χ2n) is 13.9. The van der Waals surface area contributed by atoms with Gasteiger partial charge < -0.3 is 0 Å². The molecule has 0 spiro atoms. The molecule has 262 valence electrons. The Bertz CT molecular complexity index is 3010. The van der Waals surface area contributed by atoms with Crippen molar-refractivity contribution in [1.82, 2.24) is 9.55 Å². The maximum atomic E-state index is 13.9. The third-order valence-electron chi connectivity index (χ3n) is 10.6. The molecule has 0 atom stereocenters. The first-order valence-electron chi connectivity index (χ1n) is 18.2. The molecule has 0 amide bonds. The van der Waals surface area contributed by atoms with Crippen molar-refractivity contribution in [3.63, 3.8) is 0 Å². The molecular formula is C50H31F3N2. The molecule has 0 unspecified atom stereocenters. The van der Waals surface area contributed by atoms with Gasteiger partial charge in [0, 0.05) is 11.3 Å². The summed E-state index contributed by atoms with van der Waals surface area (Å²) in [6.07, 6.45) is -4.48. The first-order valence-corrected chi connectivity index (χ1v) is 18.2. The third-order valence-corrected chi connectivity index (χ3v) is 10.6. The molecule has 10 rings (SSSR count). The highest BCUT2D eigenvalue weighted by atomic mass is 19.4. The standard InChI is InChI=1S/C50H31F3N2/c51-50(52,53)39-25-28-46-45(31-39)54-49(38-16-10-15-36(30-38)32-11-2-1-3-12-32)55(46)40-26-23-34(24-27-40)47-41-17-6-8-19-43(41)48(44-20-9-7-18-42(44)47)37-22-21-33-13-4-5-14-35(33)29-37/h1-31H. The topological polar surface area (TPSA) is 17.8 Å². The molecule has 0 N–H and O–H groups in total. The van der Waals surface area contributed by atoms with Crippen LogP contribution in [-0.4, -0.2) is 9.55 Å². The summed E-state index contributed by atoms with van der Waals surface area (Å²) in [4.78, 5) is 4.85. The second kappa shape index (κ2) is 12.9. The summed E-state index contributed by atoms with van der Waals surface area (Å²) < 4.78 is 43.6. The van der Waals surface area contributed by atoms with E-state index in [1.807, 2.05) is 71.3 Å². The van der Waals surface area contributed by atoms with Gasteiger partial charge in [-0.25, -0.2) is 4.98 Å². The van der Waals surface area contributed by atoms with Gasteiger partial charge in [-0.1, -0.05) is 146 Å². The lowest BCUT2D eigenvalue weighted by Gasteiger charge is -2.18. The molecule has 0 saturated carbocycles. The molecule has 0 aliphatic carbocycles. The van der Waals surface area contributed by atoms with Gasteiger partial charge >= 0.3 is 6.18 Å². The monoisotopic (exact) mass is 716 g/mol. The highest BCUT2D eigenvalue weighted by Crippen LogP contribution is 2.44. The van der Waals surface area contributed by atoms with E-state index in [2.05, 4.69) is 103 Å². The molecule has 5 heteroatoms. The minimum atomic E-state index is -4.48. The van der Waals surface area contributed by atoms with Crippen LogP contribution >= 0.6 is 0 Å². The van der Waals surface area contributed by atoms with Gasteiger partial charge in [-0.15, -0.1) is 0 Å². The van der Waals surface area contributed by atoms with Crippen LogP contribution in [0, 0.1) is 0 Å². The van der Waals surface area contributed by atoms with Crippen LogP contribution in [0.3, 0.4) is 0 Å². The zero-order valence-electron chi connectivity index (χ0n) is 29.4. The van der Waals surface area contributed by atoms with Gasteiger partial charge in [0.05, 0.1) is 16.6 Å². The number of fused-ring (bicyclic) bond motifs is 4. The fourth-order valence-corrected chi connectivity index (χ4v) is 8.05. The highest BCUT2D eigenvalue weighted by molar-refractivity contribution is 6.21. The van der Waals surface area contributed by atoms with Crippen molar-refractivity contribution in [2.24, 2.45) is 0 Å². The third kappa shape index (κ3) is 5.64. The van der Waals surface area contributed by atoms with Gasteiger partial charge in [0.25, 0.3) is 0 Å². The van der Waals surface area contributed by atoms with Crippen molar-refractivity contribution in [3.05, 3.63) is 194 Å². The lowest BCUT2D eigenvalue weighted by Crippen LogP contribution is -2.04. The average molecular weight is 717 g/mol. The number of imidazole rings is 1. The molecule has 55 heavy (non-hydrogen) atoms. The van der Waals surface area contributed by atoms with E-state index in [1.165, 1.54) is 22.4 Å². The van der Waals surface area contributed by atoms with E-state index in [1.54, 1.807) is 0 Å². The molecule has 1 aromatic heterocycles. The Hall–Kier alpha value is -6.98. The Morgan fingerprint density at radius 2 is 0.964 bits per heavy atom. The van der Waals surface area contributed by atoms with E-state index in [0.717, 1.165) is 72.7 Å². The first-order chi connectivity index (χ1) is 26.9. The summed E-state index contributed by atoms with van der Waals surface area (Å²) >= 11 is 0. The van der Waals surface area contributed by atoms with Crippen molar-refractivity contribution in [2.45, 2.75) is 6.18 Å². The van der Waals surface area contributed by atoms with Crippen LogP contribution in [0.4, 0.5) is 13.2 Å². The van der Waals surface area contributed by atoms with E-state index in [9.17, 15) is 13.2 Å². The van der Waals surface area contributed by atoms with Crippen LogP contribution in [-0.2, 0) is 6.18 Å². The van der Waals surface area contributed by atoms with E-state index < -0.39 is 11.7 Å². The molecule has 0 radical (unpaired) electrons. The number of alkyl halides is 3. The molecule has 9 aromatic carbocycles. The lowest BCUT2D eigenvalue weighted by molar-refractivity contribution is -0.137. The summed E-state index contributed by atoms with van der Waals surface area (Å²) in [5.74, 6) is 0.565. The van der Waals surface area contributed by atoms with Crippen molar-refractivity contribution in [2.75, 3.05) is 0 Å². The Labute approximate surface area is 315 Å². The minimum absolute atomic E-state index is 0.278. The SMILES string of the molecule is FC(F)(F)c1ccc2c(c1)nc(-c1cccc(-c3ccccc3)c1)n2-c1ccc(-c2c3ccccc3c(-c3ccc4ccccc4c3)c3ccccc23)cc1. The summed E-state index contributed by atoms with van der Waals surface area (Å²) in [5, 5.41) is 7.01.